The quantitative estimate of drug-likeness (QED) is 0.586. The van der Waals surface area contributed by atoms with E-state index in [0.717, 1.165) is 11.4 Å². The molecule has 1 aromatic carbocycles. The molecule has 1 fully saturated rings. The number of aryl methyl sites for hydroxylation is 1. The van der Waals surface area contributed by atoms with Gasteiger partial charge in [-0.3, -0.25) is 4.98 Å². The Hall–Kier alpha value is -2.15. The predicted molar refractivity (Wildman–Crippen MR) is 115 cm³/mol. The number of hydrogen-bond donors (Lipinski definition) is 1. The van der Waals surface area contributed by atoms with E-state index < -0.39 is 0 Å². The van der Waals surface area contributed by atoms with Crippen LogP contribution in [-0.2, 0) is 0 Å². The Labute approximate surface area is 172 Å². The van der Waals surface area contributed by atoms with Crippen molar-refractivity contribution in [3.8, 4) is 5.75 Å². The van der Waals surface area contributed by atoms with Crippen molar-refractivity contribution in [2.75, 3.05) is 12.0 Å². The molecule has 4 nitrogen and oxygen atoms in total. The summed E-state index contributed by atoms with van der Waals surface area (Å²) in [5.74, 6) is 0.642. The highest BCUT2D eigenvalue weighted by Crippen LogP contribution is 2.45. The monoisotopic (exact) mass is 415 g/mol. The molecule has 2 aromatic heterocycles. The van der Waals surface area contributed by atoms with E-state index in [0.29, 0.717) is 15.9 Å². The highest BCUT2D eigenvalue weighted by Gasteiger charge is 2.42. The number of thiocarbonyl (C=S) groups is 1. The van der Waals surface area contributed by atoms with Gasteiger partial charge in [0, 0.05) is 16.8 Å². The minimum Gasteiger partial charge on any atom is -0.495 e. The molecule has 1 saturated heterocycles. The number of ether oxygens (including phenoxy) is 1. The molecule has 1 aliphatic heterocycles. The number of aromatic nitrogens is 1. The third kappa shape index (κ3) is 3.29. The van der Waals surface area contributed by atoms with Crippen LogP contribution in [-0.4, -0.2) is 17.2 Å². The highest BCUT2D eigenvalue weighted by molar-refractivity contribution is 7.80. The van der Waals surface area contributed by atoms with Crippen LogP contribution in [0.5, 0.6) is 5.75 Å². The Morgan fingerprint density at radius 1 is 1.26 bits per heavy atom. The largest absolute Gasteiger partial charge is 0.495 e. The third-order valence-corrected chi connectivity index (χ3v) is 6.38. The van der Waals surface area contributed by atoms with Gasteiger partial charge in [0.05, 0.1) is 29.9 Å². The molecular weight excluding hydrogens is 398 g/mol. The van der Waals surface area contributed by atoms with Gasteiger partial charge in [0.25, 0.3) is 0 Å². The van der Waals surface area contributed by atoms with Crippen LogP contribution in [0.15, 0.2) is 54.0 Å². The number of thiophene rings is 1. The number of nitrogens with zero attached hydrogens (tertiary/aromatic N) is 2. The standard InChI is InChI=1S/C20H18ClN3OS2/c1-12-8-10-27-19(12)18-17(15-5-3-4-9-22-15)23-20(26)24(18)13-6-7-16(25-2)14(21)11-13/h3-11,17-18H,1-2H3,(H,23,26). The Morgan fingerprint density at radius 3 is 2.74 bits per heavy atom. The summed E-state index contributed by atoms with van der Waals surface area (Å²) < 4.78 is 5.29. The molecule has 0 bridgehead atoms. The fourth-order valence-corrected chi connectivity index (χ4v) is 5.04. The van der Waals surface area contributed by atoms with Crippen molar-refractivity contribution in [2.45, 2.75) is 19.0 Å². The third-order valence-electron chi connectivity index (χ3n) is 4.68. The van der Waals surface area contributed by atoms with Crippen LogP contribution < -0.4 is 15.0 Å². The molecule has 3 aromatic rings. The van der Waals surface area contributed by atoms with Crippen LogP contribution in [0, 0.1) is 6.92 Å². The van der Waals surface area contributed by atoms with Crippen LogP contribution in [0.1, 0.15) is 28.2 Å². The van der Waals surface area contributed by atoms with Crippen LogP contribution in [0.4, 0.5) is 5.69 Å². The van der Waals surface area contributed by atoms with E-state index in [1.54, 1.807) is 18.4 Å². The van der Waals surface area contributed by atoms with Crippen molar-refractivity contribution in [1.29, 1.82) is 0 Å². The summed E-state index contributed by atoms with van der Waals surface area (Å²) in [5.41, 5.74) is 3.12. The van der Waals surface area contributed by atoms with Gasteiger partial charge in [-0.1, -0.05) is 17.7 Å². The maximum absolute atomic E-state index is 6.39. The smallest absolute Gasteiger partial charge is 0.174 e. The summed E-state index contributed by atoms with van der Waals surface area (Å²) in [5, 5.41) is 6.78. The fourth-order valence-electron chi connectivity index (χ4n) is 3.39. The number of halogens is 1. The van der Waals surface area contributed by atoms with Crippen LogP contribution in [0.3, 0.4) is 0 Å². The Kier molecular flexibility index (Phi) is 5.04. The molecule has 0 saturated carbocycles. The maximum Gasteiger partial charge on any atom is 0.174 e. The normalized spacial score (nSPS) is 19.2. The molecule has 27 heavy (non-hydrogen) atoms. The molecule has 2 unspecified atom stereocenters. The molecule has 4 rings (SSSR count). The van der Waals surface area contributed by atoms with Crippen molar-refractivity contribution >= 4 is 46.0 Å². The van der Waals surface area contributed by atoms with E-state index in [4.69, 9.17) is 28.6 Å². The summed E-state index contributed by atoms with van der Waals surface area (Å²) in [6.07, 6.45) is 1.81. The molecule has 1 N–H and O–H groups in total. The molecule has 1 aliphatic rings. The minimum atomic E-state index is -0.0445. The van der Waals surface area contributed by atoms with Gasteiger partial charge in [-0.2, -0.15) is 0 Å². The maximum atomic E-state index is 6.39. The molecule has 3 heterocycles. The van der Waals surface area contributed by atoms with Crippen molar-refractivity contribution < 1.29 is 4.74 Å². The summed E-state index contributed by atoms with van der Waals surface area (Å²) >= 11 is 13.8. The Bertz CT molecular complexity index is 976. The number of hydrogen-bond acceptors (Lipinski definition) is 4. The zero-order valence-electron chi connectivity index (χ0n) is 14.8. The average Bonchev–Trinajstić information content (AvgIpc) is 3.25. The van der Waals surface area contributed by atoms with Gasteiger partial charge in [-0.15, -0.1) is 11.3 Å². The Morgan fingerprint density at radius 2 is 2.11 bits per heavy atom. The lowest BCUT2D eigenvalue weighted by Gasteiger charge is -2.28. The number of nitrogens with one attached hydrogen (secondary N) is 1. The van der Waals surface area contributed by atoms with E-state index in [-0.39, 0.29) is 12.1 Å². The summed E-state index contributed by atoms with van der Waals surface area (Å²) in [7, 11) is 1.61. The SMILES string of the molecule is COc1ccc(N2C(=S)NC(c3ccccn3)C2c2sccc2C)cc1Cl. The second-order valence-electron chi connectivity index (χ2n) is 6.28. The fraction of sp³-hybridized carbons (Fsp3) is 0.200. The number of methoxy groups -OCH3 is 1. The molecule has 138 valence electrons. The van der Waals surface area contributed by atoms with Gasteiger partial charge in [-0.25, -0.2) is 0 Å². The molecule has 0 amide bonds. The molecule has 0 radical (unpaired) electrons. The second-order valence-corrected chi connectivity index (χ2v) is 8.02. The first-order valence-electron chi connectivity index (χ1n) is 8.48. The van der Waals surface area contributed by atoms with Crippen LogP contribution >= 0.6 is 35.2 Å². The predicted octanol–water partition coefficient (Wildman–Crippen LogP) is 5.29. The average molecular weight is 416 g/mol. The lowest BCUT2D eigenvalue weighted by molar-refractivity contribution is 0.415. The van der Waals surface area contributed by atoms with Gasteiger partial charge in [0.1, 0.15) is 5.75 Å². The summed E-state index contributed by atoms with van der Waals surface area (Å²) in [6.45, 7) is 2.13. The number of benzene rings is 1. The van der Waals surface area contributed by atoms with Crippen molar-refractivity contribution in [1.82, 2.24) is 10.3 Å². The first-order valence-corrected chi connectivity index (χ1v) is 10.1. The van der Waals surface area contributed by atoms with E-state index >= 15 is 0 Å². The van der Waals surface area contributed by atoms with Gasteiger partial charge >= 0.3 is 0 Å². The minimum absolute atomic E-state index is 0.00291. The van der Waals surface area contributed by atoms with Crippen molar-refractivity contribution in [3.63, 3.8) is 0 Å². The molecule has 2 atom stereocenters. The first kappa shape index (κ1) is 18.2. The highest BCUT2D eigenvalue weighted by atomic mass is 35.5. The molecule has 7 heteroatoms. The van der Waals surface area contributed by atoms with Crippen molar-refractivity contribution in [2.24, 2.45) is 0 Å². The van der Waals surface area contributed by atoms with Crippen LogP contribution in [0.2, 0.25) is 5.02 Å². The Balaban J connectivity index is 1.83. The second kappa shape index (κ2) is 7.46. The van der Waals surface area contributed by atoms with E-state index in [1.165, 1.54) is 10.4 Å². The van der Waals surface area contributed by atoms with Crippen LogP contribution in [0.25, 0.3) is 0 Å². The van der Waals surface area contributed by atoms with Gasteiger partial charge in [-0.05, 0) is 66.5 Å². The zero-order valence-corrected chi connectivity index (χ0v) is 17.2. The summed E-state index contributed by atoms with van der Waals surface area (Å²) in [6, 6.07) is 13.8. The van der Waals surface area contributed by atoms with E-state index in [2.05, 4.69) is 33.6 Å². The van der Waals surface area contributed by atoms with Gasteiger partial charge in [0.15, 0.2) is 5.11 Å². The van der Waals surface area contributed by atoms with Gasteiger partial charge in [0.2, 0.25) is 0 Å². The number of pyridine rings is 1. The number of rotatable bonds is 4. The van der Waals surface area contributed by atoms with E-state index in [1.807, 2.05) is 42.6 Å². The number of anilines is 1. The van der Waals surface area contributed by atoms with Crippen molar-refractivity contribution in [3.05, 3.63) is 75.2 Å². The molecule has 0 spiro atoms. The molecule has 0 aliphatic carbocycles. The zero-order chi connectivity index (χ0) is 19.0. The lowest BCUT2D eigenvalue weighted by atomic mass is 10.0. The summed E-state index contributed by atoms with van der Waals surface area (Å²) in [4.78, 5) is 7.95. The molecular formula is C20H18ClN3OS2. The first-order chi connectivity index (χ1) is 13.1. The topological polar surface area (TPSA) is 37.4 Å². The lowest BCUT2D eigenvalue weighted by Crippen LogP contribution is -2.29. The van der Waals surface area contributed by atoms with Gasteiger partial charge < -0.3 is 15.0 Å². The van der Waals surface area contributed by atoms with E-state index in [9.17, 15) is 0 Å².